The van der Waals surface area contributed by atoms with Crippen molar-refractivity contribution >= 4 is 21.6 Å². The van der Waals surface area contributed by atoms with Crippen molar-refractivity contribution in [1.82, 2.24) is 9.19 Å². The molecule has 18 heavy (non-hydrogen) atoms. The second kappa shape index (κ2) is 4.40. The van der Waals surface area contributed by atoms with Crippen LogP contribution in [-0.2, 0) is 10.0 Å². The molecule has 1 aromatic heterocycles. The number of rotatable bonds is 2. The first-order valence-electron chi connectivity index (χ1n) is 5.37. The summed E-state index contributed by atoms with van der Waals surface area (Å²) in [6.45, 7) is 5.18. The third-order valence-corrected chi connectivity index (χ3v) is 4.68. The van der Waals surface area contributed by atoms with Crippen LogP contribution >= 0.6 is 11.6 Å². The summed E-state index contributed by atoms with van der Waals surface area (Å²) in [6.07, 6.45) is 0. The Hall–Kier alpha value is -1.33. The first-order valence-corrected chi connectivity index (χ1v) is 7.19. The number of hydrogen-bond acceptors (Lipinski definition) is 3. The van der Waals surface area contributed by atoms with E-state index in [4.69, 9.17) is 11.6 Å². The van der Waals surface area contributed by atoms with Gasteiger partial charge in [-0.25, -0.2) is 0 Å². The third kappa shape index (κ3) is 2.15. The monoisotopic (exact) mass is 284 g/mol. The van der Waals surface area contributed by atoms with Crippen LogP contribution in [0.4, 0.5) is 0 Å². The molecule has 0 N–H and O–H groups in total. The lowest BCUT2D eigenvalue weighted by Crippen LogP contribution is -2.17. The van der Waals surface area contributed by atoms with Crippen LogP contribution < -0.4 is 0 Å². The van der Waals surface area contributed by atoms with Crippen LogP contribution in [0.5, 0.6) is 0 Å². The van der Waals surface area contributed by atoms with E-state index < -0.39 is 10.0 Å². The maximum atomic E-state index is 12.5. The molecule has 2 rings (SSSR count). The predicted molar refractivity (Wildman–Crippen MR) is 70.5 cm³/mol. The number of halogens is 1. The molecular weight excluding hydrogens is 272 g/mol. The van der Waals surface area contributed by atoms with Crippen LogP contribution in [0.15, 0.2) is 29.2 Å². The lowest BCUT2D eigenvalue weighted by Gasteiger charge is -2.09. The number of hydrogen-bond donors (Lipinski definition) is 0. The largest absolute Gasteiger partial charge is 0.283 e. The molecule has 1 heterocycles. The molecule has 0 aliphatic rings. The molecule has 4 nitrogen and oxygen atoms in total. The fourth-order valence-corrected chi connectivity index (χ4v) is 3.63. The van der Waals surface area contributed by atoms with Gasteiger partial charge in [-0.15, -0.1) is 0 Å². The van der Waals surface area contributed by atoms with Gasteiger partial charge in [-0.3, -0.25) is 0 Å². The van der Waals surface area contributed by atoms with Crippen molar-refractivity contribution in [2.75, 3.05) is 0 Å². The Morgan fingerprint density at radius 2 is 1.83 bits per heavy atom. The Labute approximate surface area is 111 Å². The van der Waals surface area contributed by atoms with Gasteiger partial charge in [0.15, 0.2) is 0 Å². The zero-order valence-corrected chi connectivity index (χ0v) is 11.9. The maximum Gasteiger partial charge on any atom is 0.283 e. The Morgan fingerprint density at radius 3 is 2.33 bits per heavy atom. The van der Waals surface area contributed by atoms with Crippen molar-refractivity contribution in [2.24, 2.45) is 0 Å². The van der Waals surface area contributed by atoms with Crippen molar-refractivity contribution in [3.63, 3.8) is 0 Å². The van der Waals surface area contributed by atoms with Crippen molar-refractivity contribution < 1.29 is 8.42 Å². The topological polar surface area (TPSA) is 52.0 Å². The van der Waals surface area contributed by atoms with Gasteiger partial charge in [0.2, 0.25) is 0 Å². The first kappa shape index (κ1) is 13.1. The Kier molecular flexibility index (Phi) is 3.21. The van der Waals surface area contributed by atoms with Crippen LogP contribution in [0.25, 0.3) is 0 Å². The molecule has 0 saturated heterocycles. The van der Waals surface area contributed by atoms with E-state index in [2.05, 4.69) is 5.10 Å². The van der Waals surface area contributed by atoms with Crippen LogP contribution in [0, 0.1) is 20.8 Å². The maximum absolute atomic E-state index is 12.5. The standard InChI is InChI=1S/C12H13ClN2O2S/c1-8-6-11(13)4-5-12(8)18(16,17)15-10(3)7-9(2)14-15/h4-7H,1-3H3. The predicted octanol–water partition coefficient (Wildman–Crippen LogP) is 2.70. The summed E-state index contributed by atoms with van der Waals surface area (Å²) < 4.78 is 26.0. The molecule has 0 aliphatic carbocycles. The van der Waals surface area contributed by atoms with Gasteiger partial charge >= 0.3 is 0 Å². The van der Waals surface area contributed by atoms with Crippen molar-refractivity contribution in [2.45, 2.75) is 25.7 Å². The van der Waals surface area contributed by atoms with Crippen LogP contribution in [-0.4, -0.2) is 17.6 Å². The van der Waals surface area contributed by atoms with E-state index in [1.54, 1.807) is 39.0 Å². The lowest BCUT2D eigenvalue weighted by molar-refractivity contribution is 0.577. The summed E-state index contributed by atoms with van der Waals surface area (Å²) in [5.41, 5.74) is 1.86. The highest BCUT2D eigenvalue weighted by Crippen LogP contribution is 2.22. The minimum Gasteiger partial charge on any atom is -0.199 e. The van der Waals surface area contributed by atoms with Crippen molar-refractivity contribution in [1.29, 1.82) is 0 Å². The van der Waals surface area contributed by atoms with Gasteiger partial charge in [0.05, 0.1) is 16.3 Å². The average molecular weight is 285 g/mol. The Balaban J connectivity index is 2.65. The summed E-state index contributed by atoms with van der Waals surface area (Å²) >= 11 is 5.83. The van der Waals surface area contributed by atoms with Gasteiger partial charge in [0.1, 0.15) is 0 Å². The van der Waals surface area contributed by atoms with Crippen molar-refractivity contribution in [3.05, 3.63) is 46.2 Å². The Bertz CT molecular complexity index is 705. The molecule has 0 radical (unpaired) electrons. The summed E-state index contributed by atoms with van der Waals surface area (Å²) in [4.78, 5) is 0.220. The summed E-state index contributed by atoms with van der Waals surface area (Å²) in [7, 11) is -3.65. The van der Waals surface area contributed by atoms with Gasteiger partial charge < -0.3 is 0 Å². The zero-order valence-electron chi connectivity index (χ0n) is 10.3. The second-order valence-corrected chi connectivity index (χ2v) is 6.36. The van der Waals surface area contributed by atoms with E-state index in [0.29, 0.717) is 22.0 Å². The molecule has 0 atom stereocenters. The highest BCUT2D eigenvalue weighted by atomic mass is 35.5. The fourth-order valence-electron chi connectivity index (χ4n) is 1.85. The molecule has 2 aromatic rings. The molecule has 0 aliphatic heterocycles. The van der Waals surface area contributed by atoms with E-state index in [1.165, 1.54) is 6.07 Å². The number of benzene rings is 1. The molecule has 0 amide bonds. The zero-order chi connectivity index (χ0) is 13.5. The van der Waals surface area contributed by atoms with E-state index in [9.17, 15) is 8.42 Å². The number of nitrogens with zero attached hydrogens (tertiary/aromatic N) is 2. The van der Waals surface area contributed by atoms with Gasteiger partial charge in [-0.1, -0.05) is 11.6 Å². The molecule has 0 bridgehead atoms. The van der Waals surface area contributed by atoms with Gasteiger partial charge in [-0.05, 0) is 50.6 Å². The van der Waals surface area contributed by atoms with Crippen LogP contribution in [0.1, 0.15) is 17.0 Å². The first-order chi connectivity index (χ1) is 8.32. The summed E-state index contributed by atoms with van der Waals surface area (Å²) in [6, 6.07) is 6.42. The normalized spacial score (nSPS) is 11.8. The molecule has 0 spiro atoms. The molecule has 6 heteroatoms. The molecule has 96 valence electrons. The molecule has 0 fully saturated rings. The third-order valence-electron chi connectivity index (χ3n) is 2.61. The van der Waals surface area contributed by atoms with E-state index in [1.807, 2.05) is 0 Å². The summed E-state index contributed by atoms with van der Waals surface area (Å²) in [5, 5.41) is 4.53. The van der Waals surface area contributed by atoms with Gasteiger partial charge in [0, 0.05) is 5.02 Å². The van der Waals surface area contributed by atoms with E-state index >= 15 is 0 Å². The van der Waals surface area contributed by atoms with Gasteiger partial charge in [0.25, 0.3) is 10.0 Å². The molecular formula is C12H13ClN2O2S. The van der Waals surface area contributed by atoms with Gasteiger partial charge in [-0.2, -0.15) is 17.6 Å². The van der Waals surface area contributed by atoms with E-state index in [0.717, 1.165) is 4.09 Å². The minimum atomic E-state index is -3.65. The second-order valence-electron chi connectivity index (χ2n) is 4.18. The Morgan fingerprint density at radius 1 is 1.17 bits per heavy atom. The summed E-state index contributed by atoms with van der Waals surface area (Å²) in [5.74, 6) is 0. The van der Waals surface area contributed by atoms with Crippen LogP contribution in [0.3, 0.4) is 0 Å². The molecule has 1 aromatic carbocycles. The van der Waals surface area contributed by atoms with Crippen LogP contribution in [0.2, 0.25) is 5.02 Å². The lowest BCUT2D eigenvalue weighted by atomic mass is 10.2. The number of aromatic nitrogens is 2. The highest BCUT2D eigenvalue weighted by molar-refractivity contribution is 7.90. The average Bonchev–Trinajstić information content (AvgIpc) is 2.57. The number of aryl methyl sites for hydroxylation is 3. The minimum absolute atomic E-state index is 0.220. The van der Waals surface area contributed by atoms with E-state index in [-0.39, 0.29) is 4.90 Å². The molecule has 0 saturated carbocycles. The fraction of sp³-hybridized carbons (Fsp3) is 0.250. The quantitative estimate of drug-likeness (QED) is 0.852. The molecule has 0 unspecified atom stereocenters. The van der Waals surface area contributed by atoms with Crippen molar-refractivity contribution in [3.8, 4) is 0 Å². The highest BCUT2D eigenvalue weighted by Gasteiger charge is 2.22. The SMILES string of the molecule is Cc1cc(C)n(S(=O)(=O)c2ccc(Cl)cc2C)n1. The smallest absolute Gasteiger partial charge is 0.199 e.